The Balaban J connectivity index is 4.39. The van der Waals surface area contributed by atoms with Crippen molar-refractivity contribution in [1.82, 2.24) is 0 Å². The van der Waals surface area contributed by atoms with Crippen molar-refractivity contribution in [1.29, 1.82) is 0 Å². The van der Waals surface area contributed by atoms with Gasteiger partial charge in [-0.1, -0.05) is 229 Å². The average Bonchev–Trinajstić information content (AvgIpc) is 3.28. The van der Waals surface area contributed by atoms with E-state index in [-0.39, 0.29) is 31.1 Å². The summed E-state index contributed by atoms with van der Waals surface area (Å²) in [6.45, 7) is 6.48. The quantitative estimate of drug-likeness (QED) is 0.0262. The Hall–Kier alpha value is -2.89. The molecule has 1 atom stereocenters. The van der Waals surface area contributed by atoms with Crippen molar-refractivity contribution < 1.29 is 28.6 Å². The second-order valence-corrected chi connectivity index (χ2v) is 17.8. The minimum absolute atomic E-state index is 0.0811. The molecule has 0 saturated heterocycles. The van der Waals surface area contributed by atoms with Gasteiger partial charge in [-0.3, -0.25) is 14.4 Å². The third-order valence-corrected chi connectivity index (χ3v) is 11.5. The van der Waals surface area contributed by atoms with Crippen LogP contribution in [0.3, 0.4) is 0 Å². The monoisotopic (exact) mass is 881 g/mol. The molecule has 0 fully saturated rings. The Morgan fingerprint density at radius 3 is 1.02 bits per heavy atom. The molecule has 1 unspecified atom stereocenters. The minimum Gasteiger partial charge on any atom is -0.462 e. The number of rotatable bonds is 48. The van der Waals surface area contributed by atoms with Gasteiger partial charge < -0.3 is 14.2 Å². The molecule has 0 N–H and O–H groups in total. The number of carbonyl (C=O) groups excluding carboxylic acids is 3. The predicted octanol–water partition coefficient (Wildman–Crippen LogP) is 17.6. The van der Waals surface area contributed by atoms with E-state index in [1.54, 1.807) is 0 Å². The summed E-state index contributed by atoms with van der Waals surface area (Å²) in [7, 11) is 0. The summed E-state index contributed by atoms with van der Waals surface area (Å²) in [5.74, 6) is -0.898. The van der Waals surface area contributed by atoms with Gasteiger partial charge in [-0.05, 0) is 77.0 Å². The number of unbranched alkanes of at least 4 members (excludes halogenated alkanes) is 27. The summed E-state index contributed by atoms with van der Waals surface area (Å²) in [4.78, 5) is 38.0. The van der Waals surface area contributed by atoms with Crippen molar-refractivity contribution in [3.8, 4) is 0 Å². The molecule has 6 nitrogen and oxygen atoms in total. The fourth-order valence-electron chi connectivity index (χ4n) is 7.47. The van der Waals surface area contributed by atoms with Crippen LogP contribution in [0, 0.1) is 0 Å². The highest BCUT2D eigenvalue weighted by Crippen LogP contribution is 2.15. The van der Waals surface area contributed by atoms with Crippen LogP contribution >= 0.6 is 0 Å². The summed E-state index contributed by atoms with van der Waals surface area (Å²) in [6, 6.07) is 0. The molecule has 0 aromatic heterocycles. The van der Waals surface area contributed by atoms with Crippen LogP contribution in [0.15, 0.2) is 60.8 Å². The van der Waals surface area contributed by atoms with Crippen LogP contribution in [-0.2, 0) is 28.6 Å². The molecule has 364 valence electrons. The highest BCUT2D eigenvalue weighted by atomic mass is 16.6. The summed E-state index contributed by atoms with van der Waals surface area (Å²) in [6.07, 6.45) is 63.4. The Kier molecular flexibility index (Phi) is 49.4. The highest BCUT2D eigenvalue weighted by molar-refractivity contribution is 5.71. The van der Waals surface area contributed by atoms with Gasteiger partial charge in [0.2, 0.25) is 0 Å². The van der Waals surface area contributed by atoms with Crippen LogP contribution in [-0.4, -0.2) is 37.2 Å². The van der Waals surface area contributed by atoms with Crippen LogP contribution in [0.25, 0.3) is 0 Å². The molecule has 0 saturated carbocycles. The van der Waals surface area contributed by atoms with Gasteiger partial charge in [0.15, 0.2) is 6.10 Å². The summed E-state index contributed by atoms with van der Waals surface area (Å²) < 4.78 is 16.8. The predicted molar refractivity (Wildman–Crippen MR) is 270 cm³/mol. The van der Waals surface area contributed by atoms with Gasteiger partial charge in [0.25, 0.3) is 0 Å². The summed E-state index contributed by atoms with van der Waals surface area (Å²) in [5.41, 5.74) is 0. The second-order valence-electron chi connectivity index (χ2n) is 17.8. The smallest absolute Gasteiger partial charge is 0.306 e. The Morgan fingerprint density at radius 1 is 0.333 bits per heavy atom. The highest BCUT2D eigenvalue weighted by Gasteiger charge is 2.19. The zero-order valence-corrected chi connectivity index (χ0v) is 41.6. The van der Waals surface area contributed by atoms with Crippen LogP contribution in [0.2, 0.25) is 0 Å². The standard InChI is InChI=1S/C57H100O6/c1-4-7-10-13-16-19-22-25-28-29-30-33-35-38-41-44-47-50-56(59)62-53-54(63-57(60)51-48-45-42-39-36-32-27-24-21-18-15-12-9-6-3)52-61-55(58)49-46-43-40-37-34-31-26-23-20-17-14-11-8-5-2/h7,10,15-16,18-19,24-25,27-28,54H,4-6,8-9,11-14,17,20-23,26,29-53H2,1-3H3/b10-7-,18-15-,19-16-,27-24-,28-25-. The first-order valence-electron chi connectivity index (χ1n) is 26.8. The number of carbonyl (C=O) groups is 3. The lowest BCUT2D eigenvalue weighted by Crippen LogP contribution is -2.30. The minimum atomic E-state index is -0.783. The van der Waals surface area contributed by atoms with Crippen molar-refractivity contribution in [2.45, 2.75) is 271 Å². The second kappa shape index (κ2) is 51.7. The third-order valence-electron chi connectivity index (χ3n) is 11.5. The van der Waals surface area contributed by atoms with Crippen molar-refractivity contribution in [3.63, 3.8) is 0 Å². The molecular weight excluding hydrogens is 781 g/mol. The van der Waals surface area contributed by atoms with E-state index in [0.717, 1.165) is 109 Å². The van der Waals surface area contributed by atoms with E-state index in [0.29, 0.717) is 19.3 Å². The third kappa shape index (κ3) is 50.0. The lowest BCUT2D eigenvalue weighted by molar-refractivity contribution is -0.167. The first-order chi connectivity index (χ1) is 31.0. The maximum Gasteiger partial charge on any atom is 0.306 e. The molecule has 0 spiro atoms. The van der Waals surface area contributed by atoms with E-state index >= 15 is 0 Å². The molecule has 63 heavy (non-hydrogen) atoms. The van der Waals surface area contributed by atoms with Crippen molar-refractivity contribution in [2.75, 3.05) is 13.2 Å². The molecular formula is C57H100O6. The number of ether oxygens (including phenoxy) is 3. The molecule has 0 aliphatic rings. The van der Waals surface area contributed by atoms with E-state index in [1.807, 2.05) is 0 Å². The van der Waals surface area contributed by atoms with Gasteiger partial charge in [-0.25, -0.2) is 0 Å². The molecule has 6 heteroatoms. The molecule has 0 aromatic rings. The molecule has 0 amide bonds. The largest absolute Gasteiger partial charge is 0.462 e. The van der Waals surface area contributed by atoms with Gasteiger partial charge in [0.05, 0.1) is 0 Å². The molecule has 0 radical (unpaired) electrons. The van der Waals surface area contributed by atoms with Gasteiger partial charge in [-0.2, -0.15) is 0 Å². The van der Waals surface area contributed by atoms with Crippen LogP contribution in [0.1, 0.15) is 265 Å². The van der Waals surface area contributed by atoms with Gasteiger partial charge in [0.1, 0.15) is 13.2 Å². The SMILES string of the molecule is CC/C=C\C/C=C\C/C=C\CCCCCCCCCC(=O)OCC(COC(=O)CCCCCCCCCCCCCCCC)OC(=O)CCCCCCC/C=C\C/C=C\CCCC. The average molecular weight is 881 g/mol. The summed E-state index contributed by atoms with van der Waals surface area (Å²) >= 11 is 0. The first-order valence-corrected chi connectivity index (χ1v) is 26.8. The molecule has 0 aliphatic heterocycles. The first kappa shape index (κ1) is 60.1. The van der Waals surface area contributed by atoms with E-state index in [9.17, 15) is 14.4 Å². The fourth-order valence-corrected chi connectivity index (χ4v) is 7.47. The van der Waals surface area contributed by atoms with E-state index in [1.165, 1.54) is 116 Å². The molecule has 0 rings (SSSR count). The molecule has 0 heterocycles. The normalized spacial score (nSPS) is 12.5. The lowest BCUT2D eigenvalue weighted by Gasteiger charge is -2.18. The fraction of sp³-hybridized carbons (Fsp3) is 0.772. The number of allylic oxidation sites excluding steroid dienone is 10. The molecule has 0 aliphatic carbocycles. The van der Waals surface area contributed by atoms with Gasteiger partial charge >= 0.3 is 17.9 Å². The van der Waals surface area contributed by atoms with Crippen molar-refractivity contribution in [3.05, 3.63) is 60.8 Å². The lowest BCUT2D eigenvalue weighted by atomic mass is 10.0. The van der Waals surface area contributed by atoms with Crippen molar-refractivity contribution in [2.24, 2.45) is 0 Å². The van der Waals surface area contributed by atoms with Crippen molar-refractivity contribution >= 4 is 17.9 Å². The Morgan fingerprint density at radius 2 is 0.635 bits per heavy atom. The van der Waals surface area contributed by atoms with Gasteiger partial charge in [0, 0.05) is 19.3 Å². The topological polar surface area (TPSA) is 78.9 Å². The Bertz CT molecular complexity index is 1150. The zero-order valence-electron chi connectivity index (χ0n) is 41.6. The number of hydrogen-bond acceptors (Lipinski definition) is 6. The maximum atomic E-state index is 12.8. The Labute approximate surface area is 390 Å². The van der Waals surface area contributed by atoms with Crippen LogP contribution in [0.5, 0.6) is 0 Å². The van der Waals surface area contributed by atoms with Crippen LogP contribution < -0.4 is 0 Å². The zero-order chi connectivity index (χ0) is 45.8. The van der Waals surface area contributed by atoms with E-state index < -0.39 is 6.10 Å². The number of esters is 3. The molecule has 0 aromatic carbocycles. The van der Waals surface area contributed by atoms with Gasteiger partial charge in [-0.15, -0.1) is 0 Å². The van der Waals surface area contributed by atoms with Crippen LogP contribution in [0.4, 0.5) is 0 Å². The summed E-state index contributed by atoms with van der Waals surface area (Å²) in [5, 5.41) is 0. The number of hydrogen-bond donors (Lipinski definition) is 0. The van der Waals surface area contributed by atoms with E-state index in [2.05, 4.69) is 81.5 Å². The maximum absolute atomic E-state index is 12.8. The van der Waals surface area contributed by atoms with E-state index in [4.69, 9.17) is 14.2 Å². The molecule has 0 bridgehead atoms.